The number of aromatic nitrogens is 2. The van der Waals surface area contributed by atoms with Gasteiger partial charge in [0.2, 0.25) is 0 Å². The zero-order valence-corrected chi connectivity index (χ0v) is 43.1. The molecule has 1 saturated heterocycles. The molecule has 8 atom stereocenters. The second-order valence-corrected chi connectivity index (χ2v) is 19.8. The second kappa shape index (κ2) is 37.6. The van der Waals surface area contributed by atoms with E-state index in [1.54, 1.807) is 6.08 Å². The molecule has 2 rings (SSSR count). The highest BCUT2D eigenvalue weighted by atomic mass is 31.3. The van der Waals surface area contributed by atoms with Crippen LogP contribution in [0.25, 0.3) is 0 Å². The summed E-state index contributed by atoms with van der Waals surface area (Å²) in [4.78, 5) is 61.8. The Morgan fingerprint density at radius 2 is 1.31 bits per heavy atom. The van der Waals surface area contributed by atoms with Crippen LogP contribution >= 0.6 is 15.6 Å². The van der Waals surface area contributed by atoms with Gasteiger partial charge in [0.1, 0.15) is 30.7 Å². The number of phosphoric acid groups is 2. The molecule has 2 heterocycles. The summed E-state index contributed by atoms with van der Waals surface area (Å²) in [6.07, 6.45) is 35.7. The molecule has 0 aromatic carbocycles. The lowest BCUT2D eigenvalue weighted by molar-refractivity contribution is -0.161. The number of aliphatic hydroxyl groups excluding tert-OH is 3. The first-order chi connectivity index (χ1) is 34.1. The Morgan fingerprint density at radius 1 is 0.746 bits per heavy atom. The molecule has 0 aliphatic carbocycles. The lowest BCUT2D eigenvalue weighted by Crippen LogP contribution is -2.36. The summed E-state index contributed by atoms with van der Waals surface area (Å²) < 4.78 is 56.6. The zero-order chi connectivity index (χ0) is 52.2. The number of nitrogens with zero attached hydrogens (tertiary/aromatic N) is 2. The second-order valence-electron chi connectivity index (χ2n) is 16.8. The Kier molecular flexibility index (Phi) is 33.4. The van der Waals surface area contributed by atoms with Gasteiger partial charge in [-0.15, -0.1) is 0 Å². The van der Waals surface area contributed by atoms with Crippen molar-refractivity contribution in [1.29, 1.82) is 0 Å². The molecule has 7 N–H and O–H groups in total. The number of hydrogen-bond donors (Lipinski definition) is 6. The van der Waals surface area contributed by atoms with Gasteiger partial charge in [-0.3, -0.25) is 23.2 Å². The Bertz CT molecular complexity index is 2040. The quantitative estimate of drug-likeness (QED) is 0.0118. The Hall–Kier alpha value is -4.10. The summed E-state index contributed by atoms with van der Waals surface area (Å²) in [6, 6.07) is 1.24. The molecular weight excluding hydrogens is 961 g/mol. The third kappa shape index (κ3) is 30.5. The van der Waals surface area contributed by atoms with E-state index in [1.807, 2.05) is 54.7 Å². The SMILES string of the molecule is CCCCC/C=C\C/C=C\C/C=C\CCCCC(=O)O[C@H](COC(=O)CCC/C=C\C/C=C\C/C=C\C=C\[C@H](O)CCCCC)COP(=O)(O)OP(=O)(O)OC[C@H]1O[C@@H](n2ccc(N)nc2=O)[C@H](O)[C@@H]1O. The first-order valence-electron chi connectivity index (χ1n) is 24.7. The normalized spacial score (nSPS) is 20.3. The zero-order valence-electron chi connectivity index (χ0n) is 41.4. The van der Waals surface area contributed by atoms with Gasteiger partial charge in [0.05, 0.1) is 19.3 Å². The summed E-state index contributed by atoms with van der Waals surface area (Å²) in [7, 11) is -10.9. The van der Waals surface area contributed by atoms with Gasteiger partial charge >= 0.3 is 33.3 Å². The number of carbonyl (C=O) groups is 2. The maximum Gasteiger partial charge on any atom is 0.481 e. The summed E-state index contributed by atoms with van der Waals surface area (Å²) in [5.74, 6) is -1.45. The molecule has 1 aromatic heterocycles. The minimum absolute atomic E-state index is 0.0181. The molecule has 0 bridgehead atoms. The van der Waals surface area contributed by atoms with Crippen LogP contribution in [0.1, 0.15) is 142 Å². The van der Waals surface area contributed by atoms with Crippen LogP contribution < -0.4 is 11.4 Å². The van der Waals surface area contributed by atoms with E-state index in [1.165, 1.54) is 25.3 Å². The van der Waals surface area contributed by atoms with Crippen molar-refractivity contribution in [3.63, 3.8) is 0 Å². The van der Waals surface area contributed by atoms with Gasteiger partial charge in [-0.2, -0.15) is 9.29 Å². The maximum atomic E-state index is 12.8. The van der Waals surface area contributed by atoms with Gasteiger partial charge in [-0.1, -0.05) is 131 Å². The van der Waals surface area contributed by atoms with Gasteiger partial charge in [0, 0.05) is 19.0 Å². The molecule has 0 spiro atoms. The van der Waals surface area contributed by atoms with Crippen LogP contribution in [-0.2, 0) is 46.3 Å². The molecule has 0 amide bonds. The number of aliphatic hydroxyl groups is 3. The molecule has 400 valence electrons. The van der Waals surface area contributed by atoms with Crippen molar-refractivity contribution in [3.05, 3.63) is 108 Å². The Morgan fingerprint density at radius 3 is 1.94 bits per heavy atom. The molecule has 1 aromatic rings. The van der Waals surface area contributed by atoms with E-state index in [0.29, 0.717) is 32.1 Å². The van der Waals surface area contributed by atoms with Crippen LogP contribution in [0.4, 0.5) is 5.82 Å². The number of nitrogens with two attached hydrogens (primary N) is 1. The van der Waals surface area contributed by atoms with E-state index in [-0.39, 0.29) is 18.7 Å². The monoisotopic (exact) mass is 1040 g/mol. The van der Waals surface area contributed by atoms with Crippen molar-refractivity contribution in [2.45, 2.75) is 173 Å². The summed E-state index contributed by atoms with van der Waals surface area (Å²) >= 11 is 0. The number of hydrogen-bond acceptors (Lipinski definition) is 16. The first-order valence-corrected chi connectivity index (χ1v) is 27.7. The third-order valence-corrected chi connectivity index (χ3v) is 13.2. The largest absolute Gasteiger partial charge is 0.481 e. The van der Waals surface area contributed by atoms with Crippen LogP contribution in [0.5, 0.6) is 0 Å². The van der Waals surface area contributed by atoms with Gasteiger partial charge in [-0.05, 0) is 83.1 Å². The standard InChI is InChI=1S/C50H79N3O16P2/c1-3-5-7-8-9-10-11-12-13-14-17-21-24-27-31-35-46(56)67-42(38-64-45(55)34-30-26-23-20-18-15-16-19-22-25-29-33-41(54)32-28-6-4-2)39-65-70(60,61)69-71(62,63)66-40-43-47(57)48(58)49(68-43)53-37-36-44(51)52-50(53)59/h9-10,12-13,15-17,20-23,25,29,33,36-37,41-43,47-49,54,57-58H,3-8,11,14,18-19,24,26-28,30-32,34-35,38-40H2,1-2H3,(H,60,61)(H,62,63)(H2,51,52,59)/b10-9-,13-12-,16-15-,21-17-,23-20-,25-22-,33-29+/t41-,42-,43-,47-,48-,49-/m1/s1. The number of nitrogen functional groups attached to an aromatic ring is 1. The summed E-state index contributed by atoms with van der Waals surface area (Å²) in [5, 5.41) is 30.8. The fraction of sp³-hybridized carbons (Fsp3) is 0.600. The molecular formula is C50H79N3O16P2. The average Bonchev–Trinajstić information content (AvgIpc) is 3.60. The fourth-order valence-corrected chi connectivity index (χ4v) is 8.77. The number of phosphoric ester groups is 2. The molecule has 2 unspecified atom stereocenters. The number of rotatable bonds is 39. The number of esters is 2. The molecule has 19 nitrogen and oxygen atoms in total. The van der Waals surface area contributed by atoms with E-state index < -0.39 is 89.8 Å². The van der Waals surface area contributed by atoms with Gasteiger partial charge in [0.25, 0.3) is 0 Å². The molecule has 71 heavy (non-hydrogen) atoms. The maximum absolute atomic E-state index is 12.8. The van der Waals surface area contributed by atoms with Crippen molar-refractivity contribution in [3.8, 4) is 0 Å². The molecule has 0 radical (unpaired) electrons. The van der Waals surface area contributed by atoms with Crippen LogP contribution in [0.2, 0.25) is 0 Å². The van der Waals surface area contributed by atoms with Crippen LogP contribution in [0.3, 0.4) is 0 Å². The van der Waals surface area contributed by atoms with Crippen LogP contribution in [-0.4, -0.2) is 96.9 Å². The smallest absolute Gasteiger partial charge is 0.462 e. The van der Waals surface area contributed by atoms with Crippen molar-refractivity contribution < 1.29 is 71.4 Å². The van der Waals surface area contributed by atoms with Crippen molar-refractivity contribution in [1.82, 2.24) is 9.55 Å². The minimum Gasteiger partial charge on any atom is -0.462 e. The van der Waals surface area contributed by atoms with E-state index >= 15 is 0 Å². The van der Waals surface area contributed by atoms with E-state index in [4.69, 9.17) is 29.0 Å². The molecule has 0 saturated carbocycles. The lowest BCUT2D eigenvalue weighted by Gasteiger charge is -2.21. The van der Waals surface area contributed by atoms with Gasteiger partial charge in [-0.25, -0.2) is 13.9 Å². The topological polar surface area (TPSA) is 286 Å². The van der Waals surface area contributed by atoms with E-state index in [9.17, 15) is 48.6 Å². The number of ether oxygens (including phenoxy) is 3. The van der Waals surface area contributed by atoms with Crippen LogP contribution in [0, 0.1) is 0 Å². The lowest BCUT2D eigenvalue weighted by atomic mass is 10.1. The highest BCUT2D eigenvalue weighted by Crippen LogP contribution is 2.60. The Labute approximate surface area is 419 Å². The van der Waals surface area contributed by atoms with E-state index in [2.05, 4.69) is 47.4 Å². The van der Waals surface area contributed by atoms with Gasteiger partial charge in [0.15, 0.2) is 12.3 Å². The fourth-order valence-electron chi connectivity index (χ4n) is 6.66. The highest BCUT2D eigenvalue weighted by molar-refractivity contribution is 7.61. The van der Waals surface area contributed by atoms with Crippen molar-refractivity contribution in [2.24, 2.45) is 0 Å². The third-order valence-electron chi connectivity index (χ3n) is 10.6. The number of anilines is 1. The first kappa shape index (κ1) is 63.0. The summed E-state index contributed by atoms with van der Waals surface area (Å²) in [6.45, 7) is 1.88. The highest BCUT2D eigenvalue weighted by Gasteiger charge is 2.46. The van der Waals surface area contributed by atoms with Gasteiger partial charge < -0.3 is 45.1 Å². The Balaban J connectivity index is 1.87. The summed E-state index contributed by atoms with van der Waals surface area (Å²) in [5.41, 5.74) is 4.57. The predicted molar refractivity (Wildman–Crippen MR) is 271 cm³/mol. The molecule has 1 fully saturated rings. The number of carbonyl (C=O) groups excluding carboxylic acids is 2. The minimum atomic E-state index is -5.45. The predicted octanol–water partition coefficient (Wildman–Crippen LogP) is 8.86. The van der Waals surface area contributed by atoms with Crippen LogP contribution in [0.15, 0.2) is 102 Å². The molecule has 21 heteroatoms. The average molecular weight is 1040 g/mol. The van der Waals surface area contributed by atoms with Crippen molar-refractivity contribution in [2.75, 3.05) is 25.6 Å². The molecule has 1 aliphatic heterocycles. The number of allylic oxidation sites excluding steroid dienone is 13. The van der Waals surface area contributed by atoms with Crippen molar-refractivity contribution >= 4 is 33.4 Å². The molecule has 1 aliphatic rings. The number of unbranched alkanes of at least 4 members (excludes halogenated alkanes) is 8. The van der Waals surface area contributed by atoms with E-state index in [0.717, 1.165) is 68.6 Å².